The molecule has 1 heterocycles. The van der Waals surface area contributed by atoms with E-state index in [1.807, 2.05) is 31.2 Å². The summed E-state index contributed by atoms with van der Waals surface area (Å²) in [5.41, 5.74) is 8.61. The summed E-state index contributed by atoms with van der Waals surface area (Å²) in [6, 6.07) is 7.99. The predicted octanol–water partition coefficient (Wildman–Crippen LogP) is 3.20. The predicted molar refractivity (Wildman–Crippen MR) is 87.2 cm³/mol. The van der Waals surface area contributed by atoms with Crippen LogP contribution in [-0.2, 0) is 0 Å². The number of imidazole rings is 1. The lowest BCUT2D eigenvalue weighted by atomic mass is 10.1. The second-order valence-electron chi connectivity index (χ2n) is 4.86. The van der Waals surface area contributed by atoms with E-state index >= 15 is 0 Å². The minimum absolute atomic E-state index is 0.391. The summed E-state index contributed by atoms with van der Waals surface area (Å²) in [6.07, 6.45) is 6.84. The zero-order valence-electron chi connectivity index (χ0n) is 12.5. The van der Waals surface area contributed by atoms with Crippen LogP contribution >= 0.6 is 0 Å². The van der Waals surface area contributed by atoms with Crippen molar-refractivity contribution in [3.8, 4) is 11.8 Å². The molecule has 4 heteroatoms. The van der Waals surface area contributed by atoms with Gasteiger partial charge in [-0.1, -0.05) is 37.3 Å². The maximum atomic E-state index is 5.73. The van der Waals surface area contributed by atoms with Crippen molar-refractivity contribution in [3.05, 3.63) is 47.3 Å². The molecule has 4 nitrogen and oxygen atoms in total. The molecule has 0 amide bonds. The van der Waals surface area contributed by atoms with Gasteiger partial charge >= 0.3 is 0 Å². The van der Waals surface area contributed by atoms with Crippen LogP contribution in [-0.4, -0.2) is 15.9 Å². The van der Waals surface area contributed by atoms with Gasteiger partial charge in [0.25, 0.3) is 0 Å². The second-order valence-corrected chi connectivity index (χ2v) is 4.86. The highest BCUT2D eigenvalue weighted by Crippen LogP contribution is 2.05. The van der Waals surface area contributed by atoms with Crippen molar-refractivity contribution >= 4 is 12.2 Å². The number of nitrogen functional groups attached to an aromatic ring is 1. The topological polar surface area (TPSA) is 56.2 Å². The Kier molecular flexibility index (Phi) is 5.16. The first-order chi connectivity index (χ1) is 10.2. The van der Waals surface area contributed by atoms with E-state index < -0.39 is 0 Å². The van der Waals surface area contributed by atoms with Crippen LogP contribution in [0.2, 0.25) is 0 Å². The molecule has 0 saturated carbocycles. The maximum Gasteiger partial charge on any atom is 0.221 e. The third-order valence-corrected chi connectivity index (χ3v) is 2.96. The molecule has 0 atom stereocenters. The fourth-order valence-corrected chi connectivity index (χ4v) is 1.81. The zero-order valence-corrected chi connectivity index (χ0v) is 12.5. The van der Waals surface area contributed by atoms with Gasteiger partial charge in [-0.05, 0) is 31.0 Å². The van der Waals surface area contributed by atoms with Gasteiger partial charge < -0.3 is 5.73 Å². The van der Waals surface area contributed by atoms with Crippen molar-refractivity contribution in [2.75, 3.05) is 5.73 Å². The number of nitrogens with two attached hydrogens (primary N) is 1. The van der Waals surface area contributed by atoms with Crippen molar-refractivity contribution in [2.24, 2.45) is 5.10 Å². The van der Waals surface area contributed by atoms with Crippen molar-refractivity contribution in [3.63, 3.8) is 0 Å². The molecule has 0 unspecified atom stereocenters. The van der Waals surface area contributed by atoms with E-state index in [0.717, 1.165) is 29.7 Å². The summed E-state index contributed by atoms with van der Waals surface area (Å²) in [6.45, 7) is 4.05. The summed E-state index contributed by atoms with van der Waals surface area (Å²) in [4.78, 5) is 4.09. The molecule has 0 aliphatic heterocycles. The molecule has 0 radical (unpaired) electrons. The molecule has 0 spiro atoms. The molecule has 0 fully saturated rings. The van der Waals surface area contributed by atoms with Gasteiger partial charge in [-0.15, -0.1) is 0 Å². The van der Waals surface area contributed by atoms with E-state index in [4.69, 9.17) is 5.73 Å². The summed E-state index contributed by atoms with van der Waals surface area (Å²) in [5.74, 6) is 6.73. The van der Waals surface area contributed by atoms with E-state index in [1.165, 1.54) is 6.42 Å². The summed E-state index contributed by atoms with van der Waals surface area (Å²) >= 11 is 0. The molecular formula is C17H20N4. The molecule has 0 aliphatic carbocycles. The van der Waals surface area contributed by atoms with Crippen LogP contribution in [0.5, 0.6) is 0 Å². The Labute approximate surface area is 125 Å². The van der Waals surface area contributed by atoms with Gasteiger partial charge in [-0.25, -0.2) is 9.66 Å². The van der Waals surface area contributed by atoms with Crippen molar-refractivity contribution in [1.29, 1.82) is 0 Å². The molecule has 0 saturated heterocycles. The number of hydrogen-bond donors (Lipinski definition) is 1. The highest BCUT2D eigenvalue weighted by atomic mass is 15.4. The fourth-order valence-electron chi connectivity index (χ4n) is 1.81. The zero-order chi connectivity index (χ0) is 15.1. The first kappa shape index (κ1) is 14.9. The molecule has 21 heavy (non-hydrogen) atoms. The standard InChI is InChI=1S/C17H20N4/c1-3-4-5-6-7-15-8-10-16(11-9-15)12-19-21-13-14(2)20-17(21)18/h8-13H,3-5H2,1-2H3,(H2,18,20). The second kappa shape index (κ2) is 7.30. The number of nitrogens with zero attached hydrogens (tertiary/aromatic N) is 3. The quantitative estimate of drug-likeness (QED) is 0.531. The van der Waals surface area contributed by atoms with E-state index in [1.54, 1.807) is 17.1 Å². The van der Waals surface area contributed by atoms with Crippen LogP contribution in [0, 0.1) is 18.8 Å². The molecule has 2 aromatic rings. The third kappa shape index (κ3) is 4.50. The van der Waals surface area contributed by atoms with Crippen LogP contribution in [0.1, 0.15) is 43.0 Å². The third-order valence-electron chi connectivity index (χ3n) is 2.96. The lowest BCUT2D eigenvalue weighted by Gasteiger charge is -1.96. The van der Waals surface area contributed by atoms with Gasteiger partial charge in [0.05, 0.1) is 18.1 Å². The molecular weight excluding hydrogens is 260 g/mol. The molecule has 0 bridgehead atoms. The SMILES string of the molecule is CCCCC#Cc1ccc(C=Nn2cc(C)nc2N)cc1. The highest BCUT2D eigenvalue weighted by molar-refractivity contribution is 5.79. The van der Waals surface area contributed by atoms with Gasteiger partial charge in [0.15, 0.2) is 0 Å². The Morgan fingerprint density at radius 2 is 2.10 bits per heavy atom. The van der Waals surface area contributed by atoms with Crippen LogP contribution in [0.3, 0.4) is 0 Å². The lowest BCUT2D eigenvalue weighted by molar-refractivity contribution is 0.828. The van der Waals surface area contributed by atoms with Crippen molar-refractivity contribution in [1.82, 2.24) is 9.66 Å². The number of unbranched alkanes of at least 4 members (excludes halogenated alkanes) is 2. The van der Waals surface area contributed by atoms with Crippen LogP contribution in [0.4, 0.5) is 5.95 Å². The average molecular weight is 280 g/mol. The molecule has 0 aliphatic rings. The van der Waals surface area contributed by atoms with Crippen molar-refractivity contribution < 1.29 is 0 Å². The van der Waals surface area contributed by atoms with Gasteiger partial charge in [0.1, 0.15) is 0 Å². The van der Waals surface area contributed by atoms with E-state index in [0.29, 0.717) is 5.95 Å². The Morgan fingerprint density at radius 1 is 1.33 bits per heavy atom. The molecule has 2 rings (SSSR count). The van der Waals surface area contributed by atoms with E-state index in [2.05, 4.69) is 28.8 Å². The number of anilines is 1. The van der Waals surface area contributed by atoms with E-state index in [9.17, 15) is 0 Å². The fraction of sp³-hybridized carbons (Fsp3) is 0.294. The minimum atomic E-state index is 0.391. The van der Waals surface area contributed by atoms with Crippen LogP contribution < -0.4 is 5.73 Å². The summed E-state index contributed by atoms with van der Waals surface area (Å²) in [5, 5.41) is 4.28. The lowest BCUT2D eigenvalue weighted by Crippen LogP contribution is -1.96. The average Bonchev–Trinajstić information content (AvgIpc) is 2.81. The Balaban J connectivity index is 2.02. The Bertz CT molecular complexity index is 669. The largest absolute Gasteiger partial charge is 0.368 e. The highest BCUT2D eigenvalue weighted by Gasteiger charge is 1.98. The van der Waals surface area contributed by atoms with Gasteiger partial charge in [-0.3, -0.25) is 0 Å². The number of benzene rings is 1. The number of hydrogen-bond acceptors (Lipinski definition) is 3. The minimum Gasteiger partial charge on any atom is -0.368 e. The first-order valence-electron chi connectivity index (χ1n) is 7.14. The van der Waals surface area contributed by atoms with E-state index in [-0.39, 0.29) is 0 Å². The van der Waals surface area contributed by atoms with Crippen molar-refractivity contribution in [2.45, 2.75) is 33.1 Å². The smallest absolute Gasteiger partial charge is 0.221 e. The monoisotopic (exact) mass is 280 g/mol. The maximum absolute atomic E-state index is 5.73. The first-order valence-corrected chi connectivity index (χ1v) is 7.14. The molecule has 1 aromatic carbocycles. The molecule has 1 aromatic heterocycles. The summed E-state index contributed by atoms with van der Waals surface area (Å²) in [7, 11) is 0. The molecule has 108 valence electrons. The van der Waals surface area contributed by atoms with Gasteiger partial charge in [0.2, 0.25) is 5.95 Å². The van der Waals surface area contributed by atoms with Crippen LogP contribution in [0.15, 0.2) is 35.6 Å². The number of aryl methyl sites for hydroxylation is 1. The number of aromatic nitrogens is 2. The number of rotatable bonds is 4. The Hall–Kier alpha value is -2.54. The van der Waals surface area contributed by atoms with Gasteiger partial charge in [-0.2, -0.15) is 5.10 Å². The van der Waals surface area contributed by atoms with Crippen LogP contribution in [0.25, 0.3) is 0 Å². The van der Waals surface area contributed by atoms with Gasteiger partial charge in [0, 0.05) is 12.0 Å². The Morgan fingerprint density at radius 3 is 2.71 bits per heavy atom. The normalized spacial score (nSPS) is 10.6. The molecule has 2 N–H and O–H groups in total. The summed E-state index contributed by atoms with van der Waals surface area (Å²) < 4.78 is 1.56.